The summed E-state index contributed by atoms with van der Waals surface area (Å²) in [5.41, 5.74) is 9.10. The molecular weight excluding hydrogens is 268 g/mol. The van der Waals surface area contributed by atoms with Crippen LogP contribution in [0.2, 0.25) is 0 Å². The van der Waals surface area contributed by atoms with Gasteiger partial charge in [0, 0.05) is 24.7 Å². The highest BCUT2D eigenvalue weighted by Crippen LogP contribution is 2.34. The van der Waals surface area contributed by atoms with E-state index in [-0.39, 0.29) is 0 Å². The van der Waals surface area contributed by atoms with Crippen LogP contribution < -0.4 is 11.1 Å². The Morgan fingerprint density at radius 2 is 2.10 bits per heavy atom. The van der Waals surface area contributed by atoms with Gasteiger partial charge in [-0.1, -0.05) is 35.6 Å². The van der Waals surface area contributed by atoms with Gasteiger partial charge in [-0.25, -0.2) is 4.98 Å². The van der Waals surface area contributed by atoms with Gasteiger partial charge in [-0.3, -0.25) is 4.99 Å². The van der Waals surface area contributed by atoms with E-state index in [9.17, 15) is 0 Å². The van der Waals surface area contributed by atoms with Crippen LogP contribution in [0.1, 0.15) is 24.1 Å². The molecule has 0 saturated heterocycles. The summed E-state index contributed by atoms with van der Waals surface area (Å²) >= 11 is 1.74. The number of benzene rings is 1. The Labute approximate surface area is 122 Å². The fourth-order valence-corrected chi connectivity index (χ4v) is 3.36. The number of hydrogen-bond acceptors (Lipinski definition) is 4. The zero-order chi connectivity index (χ0) is 13.9. The lowest BCUT2D eigenvalue weighted by Gasteiger charge is -2.01. The Morgan fingerprint density at radius 3 is 2.85 bits per heavy atom. The van der Waals surface area contributed by atoms with E-state index in [0.29, 0.717) is 5.84 Å². The molecule has 0 atom stereocenters. The van der Waals surface area contributed by atoms with Crippen molar-refractivity contribution in [1.82, 2.24) is 4.98 Å². The summed E-state index contributed by atoms with van der Waals surface area (Å²) in [6, 6.07) is 8.12. The minimum Gasteiger partial charge on any atom is -0.384 e. The first-order chi connectivity index (χ1) is 9.78. The lowest BCUT2D eigenvalue weighted by atomic mass is 10.1. The number of fused-ring (bicyclic) bond motifs is 1. The first-order valence-corrected chi connectivity index (χ1v) is 7.66. The van der Waals surface area contributed by atoms with Crippen molar-refractivity contribution in [3.8, 4) is 10.6 Å². The predicted octanol–water partition coefficient (Wildman–Crippen LogP) is 2.89. The van der Waals surface area contributed by atoms with Crippen LogP contribution in [0.3, 0.4) is 0 Å². The summed E-state index contributed by atoms with van der Waals surface area (Å²) in [4.78, 5) is 8.77. The molecular formula is C15H18N4S. The van der Waals surface area contributed by atoms with Crippen LogP contribution in [0.15, 0.2) is 29.3 Å². The summed E-state index contributed by atoms with van der Waals surface area (Å²) in [7, 11) is 1.70. The maximum Gasteiger partial charge on any atom is 0.125 e. The first-order valence-electron chi connectivity index (χ1n) is 6.84. The topological polar surface area (TPSA) is 63.3 Å². The molecule has 104 valence electrons. The standard InChI is InChI=1S/C15H18N4S/c1-17-13(16)10-5-7-11(8-6-10)14-19-12-4-2-3-9-18-15(12)20-14/h5-8,18H,2-4,9H2,1H3,(H2,16,17). The smallest absolute Gasteiger partial charge is 0.125 e. The van der Waals surface area contributed by atoms with Crippen molar-refractivity contribution in [3.63, 3.8) is 0 Å². The highest BCUT2D eigenvalue weighted by molar-refractivity contribution is 7.19. The first kappa shape index (κ1) is 13.1. The lowest BCUT2D eigenvalue weighted by Crippen LogP contribution is -2.12. The normalized spacial score (nSPS) is 15.3. The molecule has 5 heteroatoms. The second kappa shape index (κ2) is 5.63. The molecule has 0 radical (unpaired) electrons. The number of rotatable bonds is 2. The van der Waals surface area contributed by atoms with Crippen LogP contribution in [0.5, 0.6) is 0 Å². The van der Waals surface area contributed by atoms with E-state index < -0.39 is 0 Å². The SMILES string of the molecule is CN=C(N)c1ccc(-c2nc3c(s2)NCCCC3)cc1. The molecule has 1 aliphatic rings. The van der Waals surface area contributed by atoms with Gasteiger partial charge in [-0.05, 0) is 19.3 Å². The monoisotopic (exact) mass is 286 g/mol. The minimum atomic E-state index is 0.563. The molecule has 0 saturated carbocycles. The fraction of sp³-hybridized carbons (Fsp3) is 0.333. The van der Waals surface area contributed by atoms with Crippen molar-refractivity contribution in [1.29, 1.82) is 0 Å². The van der Waals surface area contributed by atoms with E-state index in [2.05, 4.69) is 22.4 Å². The van der Waals surface area contributed by atoms with Gasteiger partial charge in [-0.2, -0.15) is 0 Å². The number of nitrogens with zero attached hydrogens (tertiary/aromatic N) is 2. The third-order valence-electron chi connectivity index (χ3n) is 3.49. The number of aliphatic imine (C=N–C) groups is 1. The second-order valence-corrected chi connectivity index (χ2v) is 5.86. The Morgan fingerprint density at radius 1 is 1.30 bits per heavy atom. The number of aryl methyl sites for hydroxylation is 1. The van der Waals surface area contributed by atoms with Crippen molar-refractivity contribution < 1.29 is 0 Å². The van der Waals surface area contributed by atoms with Crippen molar-refractivity contribution in [2.45, 2.75) is 19.3 Å². The molecule has 3 N–H and O–H groups in total. The van der Waals surface area contributed by atoms with Gasteiger partial charge in [0.05, 0.1) is 5.69 Å². The zero-order valence-electron chi connectivity index (χ0n) is 11.5. The summed E-state index contributed by atoms with van der Waals surface area (Å²) in [6.45, 7) is 1.05. The molecule has 0 amide bonds. The predicted molar refractivity (Wildman–Crippen MR) is 85.6 cm³/mol. The molecule has 4 nitrogen and oxygen atoms in total. The van der Waals surface area contributed by atoms with Crippen LogP contribution in [0.25, 0.3) is 10.6 Å². The number of aromatic nitrogens is 1. The third kappa shape index (κ3) is 2.54. The van der Waals surface area contributed by atoms with E-state index >= 15 is 0 Å². The quantitative estimate of drug-likeness (QED) is 0.659. The molecule has 3 rings (SSSR count). The van der Waals surface area contributed by atoms with Crippen molar-refractivity contribution in [2.75, 3.05) is 18.9 Å². The Balaban J connectivity index is 1.89. The minimum absolute atomic E-state index is 0.563. The van der Waals surface area contributed by atoms with Gasteiger partial charge in [0.1, 0.15) is 15.8 Å². The highest BCUT2D eigenvalue weighted by Gasteiger charge is 2.14. The molecule has 1 aliphatic heterocycles. The van der Waals surface area contributed by atoms with Gasteiger partial charge >= 0.3 is 0 Å². The lowest BCUT2D eigenvalue weighted by molar-refractivity contribution is 0.775. The Bertz CT molecular complexity index is 604. The summed E-state index contributed by atoms with van der Waals surface area (Å²) in [6.07, 6.45) is 3.51. The molecule has 0 bridgehead atoms. The van der Waals surface area contributed by atoms with Crippen LogP contribution >= 0.6 is 11.3 Å². The van der Waals surface area contributed by atoms with E-state index in [1.54, 1.807) is 18.4 Å². The largest absolute Gasteiger partial charge is 0.384 e. The van der Waals surface area contributed by atoms with Gasteiger partial charge < -0.3 is 11.1 Å². The second-order valence-electron chi connectivity index (χ2n) is 4.86. The molecule has 1 aromatic carbocycles. The third-order valence-corrected chi connectivity index (χ3v) is 4.60. The van der Waals surface area contributed by atoms with Gasteiger partial charge in [0.15, 0.2) is 0 Å². The summed E-state index contributed by atoms with van der Waals surface area (Å²) < 4.78 is 0. The molecule has 2 heterocycles. The zero-order valence-corrected chi connectivity index (χ0v) is 12.3. The molecule has 1 aromatic heterocycles. The Hall–Kier alpha value is -1.88. The molecule has 0 unspecified atom stereocenters. The van der Waals surface area contributed by atoms with Gasteiger partial charge in [-0.15, -0.1) is 0 Å². The van der Waals surface area contributed by atoms with Crippen molar-refractivity contribution in [3.05, 3.63) is 35.5 Å². The van der Waals surface area contributed by atoms with Crippen LogP contribution in [-0.4, -0.2) is 24.4 Å². The molecule has 2 aromatic rings. The number of nitrogens with one attached hydrogen (secondary N) is 1. The highest BCUT2D eigenvalue weighted by atomic mass is 32.1. The molecule has 0 spiro atoms. The number of nitrogens with two attached hydrogens (primary N) is 1. The summed E-state index contributed by atoms with van der Waals surface area (Å²) in [5.74, 6) is 0.563. The molecule has 0 aliphatic carbocycles. The number of anilines is 1. The van der Waals surface area contributed by atoms with E-state index in [4.69, 9.17) is 10.7 Å². The summed E-state index contributed by atoms with van der Waals surface area (Å²) in [5, 5.41) is 5.78. The maximum absolute atomic E-state index is 5.81. The average molecular weight is 286 g/mol. The number of amidine groups is 1. The average Bonchev–Trinajstić information content (AvgIpc) is 2.77. The van der Waals surface area contributed by atoms with Crippen LogP contribution in [0, 0.1) is 0 Å². The van der Waals surface area contributed by atoms with Gasteiger partial charge in [0.25, 0.3) is 0 Å². The van der Waals surface area contributed by atoms with E-state index in [0.717, 1.165) is 29.1 Å². The molecule has 0 fully saturated rings. The van der Waals surface area contributed by atoms with Crippen LogP contribution in [-0.2, 0) is 6.42 Å². The van der Waals surface area contributed by atoms with Gasteiger partial charge in [0.2, 0.25) is 0 Å². The Kier molecular flexibility index (Phi) is 3.69. The van der Waals surface area contributed by atoms with Crippen LogP contribution in [0.4, 0.5) is 5.00 Å². The van der Waals surface area contributed by atoms with E-state index in [1.165, 1.54) is 23.5 Å². The number of thiazole rings is 1. The maximum atomic E-state index is 5.81. The molecule has 20 heavy (non-hydrogen) atoms. The van der Waals surface area contributed by atoms with Crippen molar-refractivity contribution in [2.24, 2.45) is 10.7 Å². The fourth-order valence-electron chi connectivity index (χ4n) is 2.31. The van der Waals surface area contributed by atoms with E-state index in [1.807, 2.05) is 12.1 Å². The van der Waals surface area contributed by atoms with Crippen molar-refractivity contribution >= 4 is 22.2 Å². The number of hydrogen-bond donors (Lipinski definition) is 2.